The van der Waals surface area contributed by atoms with Crippen molar-refractivity contribution in [3.63, 3.8) is 0 Å². The van der Waals surface area contributed by atoms with Gasteiger partial charge >= 0.3 is 0 Å². The predicted octanol–water partition coefficient (Wildman–Crippen LogP) is 0.322. The first kappa shape index (κ1) is 10.4. The van der Waals surface area contributed by atoms with Crippen LogP contribution in [0.3, 0.4) is 0 Å². The Bertz CT molecular complexity index is 343. The zero-order valence-electron chi connectivity index (χ0n) is 8.80. The van der Waals surface area contributed by atoms with Crippen molar-refractivity contribution in [2.24, 2.45) is 0 Å². The molecule has 1 fully saturated rings. The number of aliphatic hydroxyl groups excluding tert-OH is 2. The molecule has 0 bridgehead atoms. The number of hydrogen-bond acceptors (Lipinski definition) is 4. The average Bonchev–Trinajstić information content (AvgIpc) is 2.60. The standard InChI is InChI=1S/C11H16N2O2/c1-8-3-2-4-12-11(8)13-6-10(15)5-9(13)7-14/h2-4,9-10,14-15H,5-7H2,1H3/t9-,10-/m0/s1. The number of rotatable bonds is 2. The summed E-state index contributed by atoms with van der Waals surface area (Å²) in [5, 5.41) is 18.8. The Kier molecular flexibility index (Phi) is 2.88. The third-order valence-corrected chi connectivity index (χ3v) is 2.86. The van der Waals surface area contributed by atoms with Gasteiger partial charge in [-0.15, -0.1) is 0 Å². The lowest BCUT2D eigenvalue weighted by Crippen LogP contribution is -2.33. The van der Waals surface area contributed by atoms with E-state index >= 15 is 0 Å². The van der Waals surface area contributed by atoms with Crippen LogP contribution in [0.4, 0.5) is 5.82 Å². The van der Waals surface area contributed by atoms with Gasteiger partial charge in [0.1, 0.15) is 5.82 Å². The van der Waals surface area contributed by atoms with E-state index in [2.05, 4.69) is 4.98 Å². The molecule has 2 rings (SSSR count). The molecule has 1 aliphatic heterocycles. The van der Waals surface area contributed by atoms with Crippen molar-refractivity contribution in [1.29, 1.82) is 0 Å². The number of aliphatic hydroxyl groups is 2. The fourth-order valence-corrected chi connectivity index (χ4v) is 2.10. The zero-order valence-corrected chi connectivity index (χ0v) is 8.80. The SMILES string of the molecule is Cc1cccnc1N1C[C@@H](O)C[C@H]1CO. The van der Waals surface area contributed by atoms with Crippen LogP contribution in [0.5, 0.6) is 0 Å². The maximum absolute atomic E-state index is 9.57. The summed E-state index contributed by atoms with van der Waals surface area (Å²) in [5.74, 6) is 0.869. The fourth-order valence-electron chi connectivity index (χ4n) is 2.10. The van der Waals surface area contributed by atoms with E-state index in [1.165, 1.54) is 0 Å². The summed E-state index contributed by atoms with van der Waals surface area (Å²) >= 11 is 0. The highest BCUT2D eigenvalue weighted by Crippen LogP contribution is 2.26. The molecule has 1 aromatic rings. The molecular formula is C11H16N2O2. The van der Waals surface area contributed by atoms with E-state index in [-0.39, 0.29) is 18.8 Å². The van der Waals surface area contributed by atoms with Crippen LogP contribution in [0.15, 0.2) is 18.3 Å². The minimum Gasteiger partial charge on any atom is -0.394 e. The summed E-state index contributed by atoms with van der Waals surface area (Å²) in [6.07, 6.45) is 2.00. The van der Waals surface area contributed by atoms with Gasteiger partial charge in [0.15, 0.2) is 0 Å². The second-order valence-corrected chi connectivity index (χ2v) is 4.02. The number of anilines is 1. The summed E-state index contributed by atoms with van der Waals surface area (Å²) in [5.41, 5.74) is 1.07. The molecule has 0 spiro atoms. The zero-order chi connectivity index (χ0) is 10.8. The van der Waals surface area contributed by atoms with E-state index in [1.54, 1.807) is 6.20 Å². The predicted molar refractivity (Wildman–Crippen MR) is 57.8 cm³/mol. The molecule has 0 unspecified atom stereocenters. The molecule has 4 heteroatoms. The van der Waals surface area contributed by atoms with Crippen LogP contribution in [0, 0.1) is 6.92 Å². The van der Waals surface area contributed by atoms with Crippen molar-refractivity contribution < 1.29 is 10.2 Å². The molecule has 1 aliphatic rings. The van der Waals surface area contributed by atoms with E-state index in [0.717, 1.165) is 11.4 Å². The Labute approximate surface area is 89.2 Å². The molecule has 1 aromatic heterocycles. The van der Waals surface area contributed by atoms with Crippen LogP contribution in [-0.2, 0) is 0 Å². The molecule has 1 saturated heterocycles. The molecule has 0 aromatic carbocycles. The Morgan fingerprint density at radius 3 is 3.07 bits per heavy atom. The molecule has 0 radical (unpaired) electrons. The summed E-state index contributed by atoms with van der Waals surface area (Å²) in [4.78, 5) is 6.28. The van der Waals surface area contributed by atoms with Crippen LogP contribution in [0.25, 0.3) is 0 Å². The largest absolute Gasteiger partial charge is 0.394 e. The van der Waals surface area contributed by atoms with Crippen LogP contribution < -0.4 is 4.90 Å². The lowest BCUT2D eigenvalue weighted by molar-refractivity contribution is 0.184. The molecule has 0 amide bonds. The van der Waals surface area contributed by atoms with Gasteiger partial charge in [-0.3, -0.25) is 0 Å². The fraction of sp³-hybridized carbons (Fsp3) is 0.545. The third-order valence-electron chi connectivity index (χ3n) is 2.86. The molecule has 2 heterocycles. The minimum absolute atomic E-state index is 0.00593. The topological polar surface area (TPSA) is 56.6 Å². The van der Waals surface area contributed by atoms with E-state index in [4.69, 9.17) is 0 Å². The van der Waals surface area contributed by atoms with E-state index in [9.17, 15) is 10.2 Å². The van der Waals surface area contributed by atoms with Gasteiger partial charge in [0, 0.05) is 12.7 Å². The normalized spacial score (nSPS) is 25.9. The van der Waals surface area contributed by atoms with Gasteiger partial charge in [-0.05, 0) is 25.0 Å². The number of hydrogen-bond donors (Lipinski definition) is 2. The summed E-state index contributed by atoms with van der Waals surface area (Å²) in [6.45, 7) is 2.61. The van der Waals surface area contributed by atoms with Gasteiger partial charge in [-0.25, -0.2) is 4.98 Å². The molecule has 4 nitrogen and oxygen atoms in total. The highest BCUT2D eigenvalue weighted by Gasteiger charge is 2.31. The maximum Gasteiger partial charge on any atom is 0.131 e. The number of pyridine rings is 1. The van der Waals surface area contributed by atoms with Crippen molar-refractivity contribution in [1.82, 2.24) is 4.98 Å². The Balaban J connectivity index is 2.26. The number of aromatic nitrogens is 1. The Morgan fingerprint density at radius 2 is 2.40 bits per heavy atom. The summed E-state index contributed by atoms with van der Waals surface area (Å²) in [7, 11) is 0. The summed E-state index contributed by atoms with van der Waals surface area (Å²) < 4.78 is 0. The lowest BCUT2D eigenvalue weighted by Gasteiger charge is -2.25. The molecule has 2 atom stereocenters. The van der Waals surface area contributed by atoms with E-state index in [0.29, 0.717) is 13.0 Å². The van der Waals surface area contributed by atoms with Gasteiger partial charge in [-0.2, -0.15) is 0 Å². The highest BCUT2D eigenvalue weighted by molar-refractivity contribution is 5.48. The second-order valence-electron chi connectivity index (χ2n) is 4.02. The van der Waals surface area contributed by atoms with E-state index < -0.39 is 0 Å². The number of β-amino-alcohol motifs (C(OH)–C–C–N with tert-alkyl or cyclic N) is 1. The molecular weight excluding hydrogens is 192 g/mol. The van der Waals surface area contributed by atoms with Crippen LogP contribution in [0.2, 0.25) is 0 Å². The van der Waals surface area contributed by atoms with Crippen molar-refractivity contribution in [3.05, 3.63) is 23.9 Å². The maximum atomic E-state index is 9.57. The van der Waals surface area contributed by atoms with Gasteiger partial charge in [0.05, 0.1) is 18.8 Å². The monoisotopic (exact) mass is 208 g/mol. The minimum atomic E-state index is -0.358. The lowest BCUT2D eigenvalue weighted by atomic mass is 10.2. The highest BCUT2D eigenvalue weighted by atomic mass is 16.3. The smallest absolute Gasteiger partial charge is 0.131 e. The first-order chi connectivity index (χ1) is 7.22. The molecule has 0 aliphatic carbocycles. The van der Waals surface area contributed by atoms with Crippen molar-refractivity contribution in [2.75, 3.05) is 18.1 Å². The number of nitrogens with zero attached hydrogens (tertiary/aromatic N) is 2. The Morgan fingerprint density at radius 1 is 1.60 bits per heavy atom. The van der Waals surface area contributed by atoms with Gasteiger partial charge in [-0.1, -0.05) is 6.07 Å². The molecule has 82 valence electrons. The molecule has 2 N–H and O–H groups in total. The first-order valence-electron chi connectivity index (χ1n) is 5.19. The molecule has 0 saturated carbocycles. The summed E-state index contributed by atoms with van der Waals surface area (Å²) in [6, 6.07) is 3.87. The van der Waals surface area contributed by atoms with Gasteiger partial charge in [0.25, 0.3) is 0 Å². The Hall–Kier alpha value is -1.13. The van der Waals surface area contributed by atoms with Crippen LogP contribution in [-0.4, -0.2) is 40.5 Å². The average molecular weight is 208 g/mol. The van der Waals surface area contributed by atoms with Crippen molar-refractivity contribution in [3.8, 4) is 0 Å². The van der Waals surface area contributed by atoms with Crippen molar-refractivity contribution in [2.45, 2.75) is 25.5 Å². The van der Waals surface area contributed by atoms with Crippen LogP contribution >= 0.6 is 0 Å². The van der Waals surface area contributed by atoms with Crippen LogP contribution in [0.1, 0.15) is 12.0 Å². The number of aryl methyl sites for hydroxylation is 1. The first-order valence-corrected chi connectivity index (χ1v) is 5.19. The second kappa shape index (κ2) is 4.16. The third kappa shape index (κ3) is 1.96. The van der Waals surface area contributed by atoms with Gasteiger partial charge in [0.2, 0.25) is 0 Å². The quantitative estimate of drug-likeness (QED) is 0.735. The van der Waals surface area contributed by atoms with E-state index in [1.807, 2.05) is 24.0 Å². The van der Waals surface area contributed by atoms with Crippen molar-refractivity contribution >= 4 is 5.82 Å². The van der Waals surface area contributed by atoms with Gasteiger partial charge < -0.3 is 15.1 Å². The molecule has 15 heavy (non-hydrogen) atoms.